The van der Waals surface area contributed by atoms with Crippen molar-refractivity contribution in [3.8, 4) is 0 Å². The van der Waals surface area contributed by atoms with E-state index in [2.05, 4.69) is 20.7 Å². The number of rotatable bonds is 4. The van der Waals surface area contributed by atoms with E-state index in [1.165, 1.54) is 6.20 Å². The number of amides is 2. The summed E-state index contributed by atoms with van der Waals surface area (Å²) in [5.74, 6) is -0.00961. The maximum absolute atomic E-state index is 13.2. The Labute approximate surface area is 189 Å². The Balaban J connectivity index is 1.61. The third-order valence-corrected chi connectivity index (χ3v) is 5.84. The van der Waals surface area contributed by atoms with Crippen LogP contribution in [-0.4, -0.2) is 40.2 Å². The van der Waals surface area contributed by atoms with Gasteiger partial charge in [-0.15, -0.1) is 0 Å². The molecule has 3 heterocycles. The van der Waals surface area contributed by atoms with E-state index in [1.807, 2.05) is 0 Å². The lowest BCUT2D eigenvalue weighted by molar-refractivity contribution is 0.0931. The Hall–Kier alpha value is -3.10. The molecule has 1 unspecified atom stereocenters. The standard InChI is InChI=1S/C21H20Cl2N6O2/c1-24-19-15(23)9-12(10-25-19)21(31)29-8-7-16(18-17(29)11-26-28(18)2)27-20(30)13-5-3-4-6-14(13)22/h3-6,9-11,16H,7-8H2,1-2H3,(H,24,25)(H,27,30). The molecule has 8 nitrogen and oxygen atoms in total. The normalized spacial score (nSPS) is 15.4. The van der Waals surface area contributed by atoms with Crippen molar-refractivity contribution in [3.63, 3.8) is 0 Å². The zero-order valence-electron chi connectivity index (χ0n) is 16.9. The van der Waals surface area contributed by atoms with Gasteiger partial charge in [-0.1, -0.05) is 35.3 Å². The van der Waals surface area contributed by atoms with E-state index in [1.54, 1.807) is 60.2 Å². The van der Waals surface area contributed by atoms with Crippen molar-refractivity contribution in [2.45, 2.75) is 12.5 Å². The fraction of sp³-hybridized carbons (Fsp3) is 0.238. The first-order valence-electron chi connectivity index (χ1n) is 9.63. The van der Waals surface area contributed by atoms with Gasteiger partial charge in [-0.2, -0.15) is 5.10 Å². The number of benzene rings is 1. The molecule has 1 aromatic carbocycles. The molecule has 31 heavy (non-hydrogen) atoms. The van der Waals surface area contributed by atoms with Crippen LogP contribution in [0.4, 0.5) is 11.5 Å². The fourth-order valence-electron chi connectivity index (χ4n) is 3.69. The number of anilines is 2. The Morgan fingerprint density at radius 1 is 1.16 bits per heavy atom. The molecule has 10 heteroatoms. The van der Waals surface area contributed by atoms with Crippen molar-refractivity contribution in [2.75, 3.05) is 23.8 Å². The SMILES string of the molecule is CNc1ncc(C(=O)N2CCC(NC(=O)c3ccccc3Cl)c3c2cnn3C)cc1Cl. The van der Waals surface area contributed by atoms with Crippen LogP contribution in [0.2, 0.25) is 10.0 Å². The number of carbonyl (C=O) groups is 2. The molecule has 0 aliphatic carbocycles. The van der Waals surface area contributed by atoms with Gasteiger partial charge in [0.2, 0.25) is 0 Å². The van der Waals surface area contributed by atoms with Crippen molar-refractivity contribution in [1.29, 1.82) is 0 Å². The molecule has 2 aromatic heterocycles. The number of nitrogens with one attached hydrogen (secondary N) is 2. The van der Waals surface area contributed by atoms with E-state index in [-0.39, 0.29) is 17.9 Å². The lowest BCUT2D eigenvalue weighted by atomic mass is 10.0. The summed E-state index contributed by atoms with van der Waals surface area (Å²) in [7, 11) is 3.49. The van der Waals surface area contributed by atoms with Gasteiger partial charge in [0.1, 0.15) is 5.82 Å². The zero-order chi connectivity index (χ0) is 22.1. The number of aryl methyl sites for hydroxylation is 1. The molecule has 1 aliphatic rings. The highest BCUT2D eigenvalue weighted by molar-refractivity contribution is 6.34. The molecule has 2 N–H and O–H groups in total. The second-order valence-electron chi connectivity index (χ2n) is 7.09. The van der Waals surface area contributed by atoms with Crippen LogP contribution in [0.3, 0.4) is 0 Å². The minimum atomic E-state index is -0.316. The van der Waals surface area contributed by atoms with Gasteiger partial charge in [-0.3, -0.25) is 14.3 Å². The maximum Gasteiger partial charge on any atom is 0.259 e. The van der Waals surface area contributed by atoms with Gasteiger partial charge >= 0.3 is 0 Å². The van der Waals surface area contributed by atoms with Crippen molar-refractivity contribution in [2.24, 2.45) is 7.05 Å². The van der Waals surface area contributed by atoms with Crippen LogP contribution < -0.4 is 15.5 Å². The average Bonchev–Trinajstić information content (AvgIpc) is 3.16. The number of fused-ring (bicyclic) bond motifs is 1. The van der Waals surface area contributed by atoms with E-state index >= 15 is 0 Å². The quantitative estimate of drug-likeness (QED) is 0.621. The van der Waals surface area contributed by atoms with Crippen molar-refractivity contribution < 1.29 is 9.59 Å². The molecule has 0 spiro atoms. The summed E-state index contributed by atoms with van der Waals surface area (Å²) in [5, 5.41) is 10.9. The Bertz CT molecular complexity index is 1160. The van der Waals surface area contributed by atoms with Crippen molar-refractivity contribution >= 4 is 46.5 Å². The number of hydrogen-bond donors (Lipinski definition) is 2. The summed E-state index contributed by atoms with van der Waals surface area (Å²) < 4.78 is 1.67. The number of carbonyl (C=O) groups excluding carboxylic acids is 2. The summed E-state index contributed by atoms with van der Waals surface area (Å²) in [4.78, 5) is 31.8. The zero-order valence-corrected chi connectivity index (χ0v) is 18.4. The number of halogens is 2. The summed E-state index contributed by atoms with van der Waals surface area (Å²) >= 11 is 12.4. The van der Waals surface area contributed by atoms with E-state index in [4.69, 9.17) is 23.2 Å². The summed E-state index contributed by atoms with van der Waals surface area (Å²) in [5.41, 5.74) is 2.15. The van der Waals surface area contributed by atoms with E-state index in [9.17, 15) is 9.59 Å². The van der Waals surface area contributed by atoms with Crippen LogP contribution in [0, 0.1) is 0 Å². The summed E-state index contributed by atoms with van der Waals surface area (Å²) in [6.45, 7) is 0.399. The predicted molar refractivity (Wildman–Crippen MR) is 120 cm³/mol. The molecule has 1 aliphatic heterocycles. The fourth-order valence-corrected chi connectivity index (χ4v) is 4.17. The third kappa shape index (κ3) is 3.96. The molecular weight excluding hydrogens is 439 g/mol. The largest absolute Gasteiger partial charge is 0.372 e. The molecule has 4 rings (SSSR count). The highest BCUT2D eigenvalue weighted by Crippen LogP contribution is 2.35. The topological polar surface area (TPSA) is 92.2 Å². The molecule has 1 atom stereocenters. The Morgan fingerprint density at radius 3 is 2.65 bits per heavy atom. The summed E-state index contributed by atoms with van der Waals surface area (Å²) in [6, 6.07) is 8.15. The molecule has 0 bridgehead atoms. The molecule has 0 radical (unpaired) electrons. The highest BCUT2D eigenvalue weighted by atomic mass is 35.5. The number of hydrogen-bond acceptors (Lipinski definition) is 5. The van der Waals surface area contributed by atoms with Gasteiger partial charge in [0.05, 0.1) is 44.8 Å². The van der Waals surface area contributed by atoms with Gasteiger partial charge in [-0.25, -0.2) is 4.98 Å². The first-order valence-corrected chi connectivity index (χ1v) is 10.4. The van der Waals surface area contributed by atoms with E-state index in [0.717, 1.165) is 5.69 Å². The van der Waals surface area contributed by atoms with Gasteiger partial charge in [0.25, 0.3) is 11.8 Å². The average molecular weight is 459 g/mol. The second-order valence-corrected chi connectivity index (χ2v) is 7.91. The number of pyridine rings is 1. The lowest BCUT2D eigenvalue weighted by Gasteiger charge is -2.32. The van der Waals surface area contributed by atoms with Crippen LogP contribution in [0.15, 0.2) is 42.7 Å². The number of nitrogens with zero attached hydrogens (tertiary/aromatic N) is 4. The van der Waals surface area contributed by atoms with Crippen LogP contribution in [-0.2, 0) is 7.05 Å². The highest BCUT2D eigenvalue weighted by Gasteiger charge is 2.33. The maximum atomic E-state index is 13.2. The summed E-state index contributed by atoms with van der Waals surface area (Å²) in [6.07, 6.45) is 3.63. The molecule has 3 aromatic rings. The van der Waals surface area contributed by atoms with Gasteiger partial charge < -0.3 is 15.5 Å². The van der Waals surface area contributed by atoms with Gasteiger partial charge in [0.15, 0.2) is 0 Å². The molecule has 160 valence electrons. The van der Waals surface area contributed by atoms with E-state index < -0.39 is 0 Å². The van der Waals surface area contributed by atoms with Gasteiger partial charge in [-0.05, 0) is 24.6 Å². The van der Waals surface area contributed by atoms with E-state index in [0.29, 0.717) is 45.6 Å². The van der Waals surface area contributed by atoms with Crippen molar-refractivity contribution in [1.82, 2.24) is 20.1 Å². The Kier molecular flexibility index (Phi) is 5.84. The monoisotopic (exact) mass is 458 g/mol. The van der Waals surface area contributed by atoms with Gasteiger partial charge in [0, 0.05) is 26.8 Å². The molecule has 0 saturated heterocycles. The Morgan fingerprint density at radius 2 is 1.94 bits per heavy atom. The first-order chi connectivity index (χ1) is 14.9. The third-order valence-electron chi connectivity index (χ3n) is 5.22. The second kappa shape index (κ2) is 8.56. The van der Waals surface area contributed by atoms with Crippen LogP contribution in [0.5, 0.6) is 0 Å². The predicted octanol–water partition coefficient (Wildman–Crippen LogP) is 3.69. The van der Waals surface area contributed by atoms with Crippen LogP contribution in [0.1, 0.15) is 38.9 Å². The molecule has 0 saturated carbocycles. The number of aromatic nitrogens is 3. The first kappa shape index (κ1) is 21.1. The molecule has 0 fully saturated rings. The minimum absolute atomic E-state index is 0.234. The minimum Gasteiger partial charge on any atom is -0.372 e. The van der Waals surface area contributed by atoms with Crippen LogP contribution >= 0.6 is 23.2 Å². The molecular formula is C21H20Cl2N6O2. The van der Waals surface area contributed by atoms with Crippen LogP contribution in [0.25, 0.3) is 0 Å². The smallest absolute Gasteiger partial charge is 0.259 e. The lowest BCUT2D eigenvalue weighted by Crippen LogP contribution is -2.41. The molecule has 2 amide bonds. The van der Waals surface area contributed by atoms with Crippen molar-refractivity contribution in [3.05, 3.63) is 69.6 Å².